The lowest BCUT2D eigenvalue weighted by Crippen LogP contribution is -2.35. The van der Waals surface area contributed by atoms with Gasteiger partial charge in [0.25, 0.3) is 0 Å². The number of carbonyl (C=O) groups excluding carboxylic acids is 1. The predicted molar refractivity (Wildman–Crippen MR) is 61.7 cm³/mol. The number of fused-ring (bicyclic) bond motifs is 1. The van der Waals surface area contributed by atoms with Gasteiger partial charge in [0, 0.05) is 16.6 Å². The minimum Gasteiger partial charge on any atom is -0.465 e. The molecule has 5 heteroatoms. The lowest BCUT2D eigenvalue weighted by Gasteiger charge is -2.27. The van der Waals surface area contributed by atoms with Crippen molar-refractivity contribution in [1.29, 1.82) is 0 Å². The number of aldehydes is 1. The summed E-state index contributed by atoms with van der Waals surface area (Å²) in [5, 5.41) is 8.91. The molecule has 0 saturated heterocycles. The highest BCUT2D eigenvalue weighted by atomic mass is 79.9. The van der Waals surface area contributed by atoms with Gasteiger partial charge in [-0.3, -0.25) is 4.79 Å². The maximum Gasteiger partial charge on any atom is 0.407 e. The van der Waals surface area contributed by atoms with E-state index < -0.39 is 6.09 Å². The van der Waals surface area contributed by atoms with Crippen molar-refractivity contribution in [3.8, 4) is 0 Å². The van der Waals surface area contributed by atoms with E-state index in [0.29, 0.717) is 25.1 Å². The molecule has 0 bridgehead atoms. The molecule has 2 rings (SSSR count). The van der Waals surface area contributed by atoms with Gasteiger partial charge in [0.1, 0.15) is 6.29 Å². The van der Waals surface area contributed by atoms with Crippen LogP contribution >= 0.6 is 15.9 Å². The van der Waals surface area contributed by atoms with Gasteiger partial charge in [-0.05, 0) is 29.7 Å². The molecule has 0 aliphatic carbocycles. The van der Waals surface area contributed by atoms with E-state index in [9.17, 15) is 9.59 Å². The Labute approximate surface area is 101 Å². The van der Waals surface area contributed by atoms with Gasteiger partial charge in [0.05, 0.1) is 6.54 Å². The van der Waals surface area contributed by atoms with Gasteiger partial charge in [-0.2, -0.15) is 0 Å². The Balaban J connectivity index is 2.39. The van der Waals surface area contributed by atoms with Crippen LogP contribution in [0.1, 0.15) is 21.5 Å². The molecule has 0 unspecified atom stereocenters. The van der Waals surface area contributed by atoms with E-state index in [1.807, 2.05) is 6.07 Å². The Morgan fingerprint density at radius 3 is 2.88 bits per heavy atom. The van der Waals surface area contributed by atoms with Gasteiger partial charge in [-0.25, -0.2) is 4.79 Å². The number of rotatable bonds is 1. The molecule has 0 spiro atoms. The molecule has 1 amide bonds. The molecule has 16 heavy (non-hydrogen) atoms. The second-order valence-corrected chi connectivity index (χ2v) is 4.57. The maximum atomic E-state index is 10.9. The van der Waals surface area contributed by atoms with Crippen molar-refractivity contribution in [2.24, 2.45) is 0 Å². The normalized spacial score (nSPS) is 14.4. The molecule has 1 aliphatic heterocycles. The van der Waals surface area contributed by atoms with Crippen LogP contribution in [0.15, 0.2) is 16.6 Å². The number of hydrogen-bond donors (Lipinski definition) is 1. The molecule has 1 aliphatic rings. The molecule has 1 aromatic rings. The van der Waals surface area contributed by atoms with E-state index in [1.165, 1.54) is 4.90 Å². The monoisotopic (exact) mass is 283 g/mol. The third-order valence-electron chi connectivity index (χ3n) is 2.72. The van der Waals surface area contributed by atoms with Gasteiger partial charge in [0.15, 0.2) is 0 Å². The van der Waals surface area contributed by atoms with Crippen LogP contribution in [0.5, 0.6) is 0 Å². The van der Waals surface area contributed by atoms with Gasteiger partial charge in [0.2, 0.25) is 0 Å². The highest BCUT2D eigenvalue weighted by Crippen LogP contribution is 2.27. The fourth-order valence-electron chi connectivity index (χ4n) is 1.87. The van der Waals surface area contributed by atoms with Crippen LogP contribution in [0.4, 0.5) is 4.79 Å². The maximum absolute atomic E-state index is 10.9. The van der Waals surface area contributed by atoms with E-state index in [1.54, 1.807) is 6.07 Å². The number of nitrogens with zero attached hydrogens (tertiary/aromatic N) is 1. The summed E-state index contributed by atoms with van der Waals surface area (Å²) in [4.78, 5) is 22.9. The molecule has 84 valence electrons. The zero-order valence-electron chi connectivity index (χ0n) is 8.44. The van der Waals surface area contributed by atoms with Gasteiger partial charge in [-0.15, -0.1) is 0 Å². The SMILES string of the molecule is O=Cc1cc(Br)c2c(c1)CCN(C(=O)O)C2. The van der Waals surface area contributed by atoms with Crippen molar-refractivity contribution < 1.29 is 14.7 Å². The third kappa shape index (κ3) is 1.95. The number of hydrogen-bond acceptors (Lipinski definition) is 2. The van der Waals surface area contributed by atoms with Crippen LogP contribution in [-0.2, 0) is 13.0 Å². The molecule has 4 nitrogen and oxygen atoms in total. The number of benzene rings is 1. The van der Waals surface area contributed by atoms with Gasteiger partial charge < -0.3 is 10.0 Å². The number of carbonyl (C=O) groups is 2. The summed E-state index contributed by atoms with van der Waals surface area (Å²) >= 11 is 3.37. The Kier molecular flexibility index (Phi) is 2.96. The van der Waals surface area contributed by atoms with Crippen LogP contribution in [0.3, 0.4) is 0 Å². The standard InChI is InChI=1S/C11H10BrNO3/c12-10-4-7(6-14)3-8-1-2-13(11(15)16)5-9(8)10/h3-4,6H,1-2,5H2,(H,15,16). The van der Waals surface area contributed by atoms with Crippen molar-refractivity contribution in [2.75, 3.05) is 6.54 Å². The summed E-state index contributed by atoms with van der Waals surface area (Å²) in [6, 6.07) is 3.55. The van der Waals surface area contributed by atoms with E-state index in [0.717, 1.165) is 21.9 Å². The van der Waals surface area contributed by atoms with Crippen LogP contribution < -0.4 is 0 Å². The van der Waals surface area contributed by atoms with Gasteiger partial charge >= 0.3 is 6.09 Å². The second-order valence-electron chi connectivity index (χ2n) is 3.71. The molecular weight excluding hydrogens is 274 g/mol. The highest BCUT2D eigenvalue weighted by molar-refractivity contribution is 9.10. The van der Waals surface area contributed by atoms with Gasteiger partial charge in [-0.1, -0.05) is 15.9 Å². The lowest BCUT2D eigenvalue weighted by atomic mass is 9.98. The number of halogens is 1. The molecule has 0 atom stereocenters. The molecule has 1 N–H and O–H groups in total. The highest BCUT2D eigenvalue weighted by Gasteiger charge is 2.22. The summed E-state index contributed by atoms with van der Waals surface area (Å²) in [6.45, 7) is 0.863. The number of carboxylic acid groups (broad SMARTS) is 1. The molecule has 1 aromatic carbocycles. The average molecular weight is 284 g/mol. The largest absolute Gasteiger partial charge is 0.465 e. The van der Waals surface area contributed by atoms with E-state index >= 15 is 0 Å². The van der Waals surface area contributed by atoms with E-state index in [-0.39, 0.29) is 0 Å². The summed E-state index contributed by atoms with van der Waals surface area (Å²) in [6.07, 6.45) is 0.549. The van der Waals surface area contributed by atoms with Crippen molar-refractivity contribution in [1.82, 2.24) is 4.90 Å². The summed E-state index contributed by atoms with van der Waals surface area (Å²) < 4.78 is 0.804. The topological polar surface area (TPSA) is 57.6 Å². The first-order valence-electron chi connectivity index (χ1n) is 4.86. The smallest absolute Gasteiger partial charge is 0.407 e. The molecule has 0 aromatic heterocycles. The van der Waals surface area contributed by atoms with Crippen molar-refractivity contribution in [2.45, 2.75) is 13.0 Å². The summed E-state index contributed by atoms with van der Waals surface area (Å²) in [5.41, 5.74) is 2.63. The molecular formula is C11H10BrNO3. The fourth-order valence-corrected chi connectivity index (χ4v) is 2.52. The second kappa shape index (κ2) is 4.25. The number of amides is 1. The average Bonchev–Trinajstić information content (AvgIpc) is 2.28. The van der Waals surface area contributed by atoms with Crippen LogP contribution in [0.2, 0.25) is 0 Å². The first-order valence-corrected chi connectivity index (χ1v) is 5.65. The molecule has 0 radical (unpaired) electrons. The molecule has 0 saturated carbocycles. The third-order valence-corrected chi connectivity index (χ3v) is 3.42. The lowest BCUT2D eigenvalue weighted by molar-refractivity contribution is 0.112. The Bertz CT molecular complexity index is 459. The van der Waals surface area contributed by atoms with E-state index in [2.05, 4.69) is 15.9 Å². The Morgan fingerprint density at radius 2 is 2.25 bits per heavy atom. The molecule has 1 heterocycles. The van der Waals surface area contributed by atoms with Crippen LogP contribution in [0.25, 0.3) is 0 Å². The Morgan fingerprint density at radius 1 is 1.50 bits per heavy atom. The molecule has 0 fully saturated rings. The van der Waals surface area contributed by atoms with Crippen molar-refractivity contribution in [3.63, 3.8) is 0 Å². The zero-order valence-corrected chi connectivity index (χ0v) is 10.0. The first kappa shape index (κ1) is 11.1. The van der Waals surface area contributed by atoms with E-state index in [4.69, 9.17) is 5.11 Å². The minimum absolute atomic E-state index is 0.379. The van der Waals surface area contributed by atoms with Crippen LogP contribution in [0, 0.1) is 0 Å². The quantitative estimate of drug-likeness (QED) is 0.805. The minimum atomic E-state index is -0.906. The summed E-state index contributed by atoms with van der Waals surface area (Å²) in [5.74, 6) is 0. The van der Waals surface area contributed by atoms with Crippen molar-refractivity contribution >= 4 is 28.3 Å². The van der Waals surface area contributed by atoms with Crippen LogP contribution in [-0.4, -0.2) is 28.9 Å². The zero-order chi connectivity index (χ0) is 11.7. The first-order chi connectivity index (χ1) is 7.61. The predicted octanol–water partition coefficient (Wildman–Crippen LogP) is 2.30. The fraction of sp³-hybridized carbons (Fsp3) is 0.273. The Hall–Kier alpha value is -1.36. The van der Waals surface area contributed by atoms with Crippen molar-refractivity contribution in [3.05, 3.63) is 33.3 Å². The summed E-state index contributed by atoms with van der Waals surface area (Å²) in [7, 11) is 0.